The quantitative estimate of drug-likeness (QED) is 0.259. The molecule has 9 heteroatoms. The van der Waals surface area contributed by atoms with Crippen LogP contribution in [0.15, 0.2) is 52.0 Å². The van der Waals surface area contributed by atoms with Gasteiger partial charge in [-0.05, 0) is 37.6 Å². The van der Waals surface area contributed by atoms with Gasteiger partial charge in [-0.2, -0.15) is 4.98 Å². The van der Waals surface area contributed by atoms with E-state index in [1.165, 1.54) is 0 Å². The molecule has 1 heterocycles. The first-order chi connectivity index (χ1) is 14.1. The van der Waals surface area contributed by atoms with Crippen LogP contribution < -0.4 is 15.4 Å². The Morgan fingerprint density at radius 3 is 2.70 bits per heavy atom. The molecule has 0 aliphatic carbocycles. The highest BCUT2D eigenvalue weighted by Crippen LogP contribution is 2.21. The maximum atomic E-state index is 6.02. The number of halogens is 2. The van der Waals surface area contributed by atoms with E-state index in [0.29, 0.717) is 42.4 Å². The van der Waals surface area contributed by atoms with Crippen molar-refractivity contribution in [3.05, 3.63) is 64.5 Å². The molecule has 30 heavy (non-hydrogen) atoms. The van der Waals surface area contributed by atoms with Crippen LogP contribution in [0.1, 0.15) is 23.9 Å². The van der Waals surface area contributed by atoms with Crippen molar-refractivity contribution in [1.29, 1.82) is 0 Å². The fourth-order valence-corrected chi connectivity index (χ4v) is 2.92. The summed E-state index contributed by atoms with van der Waals surface area (Å²) >= 11 is 6.02. The Balaban J connectivity index is 0.00000320. The van der Waals surface area contributed by atoms with Crippen LogP contribution in [0.25, 0.3) is 11.4 Å². The highest BCUT2D eigenvalue weighted by molar-refractivity contribution is 14.0. The Kier molecular flexibility index (Phi) is 9.38. The van der Waals surface area contributed by atoms with E-state index in [1.807, 2.05) is 32.0 Å². The fourth-order valence-electron chi connectivity index (χ4n) is 2.73. The summed E-state index contributed by atoms with van der Waals surface area (Å²) in [6.07, 6.45) is 0. The zero-order valence-corrected chi connectivity index (χ0v) is 20.2. The molecule has 0 aliphatic rings. The zero-order valence-electron chi connectivity index (χ0n) is 17.1. The molecule has 0 atom stereocenters. The molecule has 3 aromatic rings. The van der Waals surface area contributed by atoms with Crippen molar-refractivity contribution in [1.82, 2.24) is 20.8 Å². The van der Waals surface area contributed by atoms with Crippen LogP contribution in [-0.4, -0.2) is 29.8 Å². The number of guanidine groups is 1. The molecule has 1 aromatic heterocycles. The summed E-state index contributed by atoms with van der Waals surface area (Å²) in [7, 11) is 1.71. The predicted octanol–water partition coefficient (Wildman–Crippen LogP) is 4.58. The number of nitrogens with one attached hydrogen (secondary N) is 2. The summed E-state index contributed by atoms with van der Waals surface area (Å²) in [5.74, 6) is 2.44. The van der Waals surface area contributed by atoms with Gasteiger partial charge in [-0.3, -0.25) is 4.99 Å². The van der Waals surface area contributed by atoms with Gasteiger partial charge in [0, 0.05) is 29.7 Å². The van der Waals surface area contributed by atoms with Crippen LogP contribution >= 0.6 is 35.6 Å². The fraction of sp³-hybridized carbons (Fsp3) is 0.286. The lowest BCUT2D eigenvalue weighted by atomic mass is 10.1. The van der Waals surface area contributed by atoms with Crippen molar-refractivity contribution >= 4 is 41.5 Å². The molecule has 7 nitrogen and oxygen atoms in total. The number of aryl methyl sites for hydroxylation is 1. The minimum Gasteiger partial charge on any atom is -0.494 e. The van der Waals surface area contributed by atoms with Gasteiger partial charge in [0.25, 0.3) is 0 Å². The Bertz CT molecular complexity index is 993. The Morgan fingerprint density at radius 2 is 1.97 bits per heavy atom. The van der Waals surface area contributed by atoms with Gasteiger partial charge in [0.1, 0.15) is 5.75 Å². The standard InChI is InChI=1S/C21H24ClN5O2.HI/c1-4-28-18-10-14(2)8-9-16(18)12-24-21(23-3)25-13-19-26-20(27-29-19)15-6-5-7-17(22)11-15;/h5-11H,4,12-13H2,1-3H3,(H2,23,24,25);1H. The molecule has 2 N–H and O–H groups in total. The summed E-state index contributed by atoms with van der Waals surface area (Å²) in [4.78, 5) is 8.63. The maximum Gasteiger partial charge on any atom is 0.246 e. The van der Waals surface area contributed by atoms with Gasteiger partial charge >= 0.3 is 0 Å². The van der Waals surface area contributed by atoms with Gasteiger partial charge in [0.15, 0.2) is 5.96 Å². The molecule has 0 bridgehead atoms. The van der Waals surface area contributed by atoms with Gasteiger partial charge in [-0.1, -0.05) is 41.0 Å². The Morgan fingerprint density at radius 1 is 1.17 bits per heavy atom. The number of rotatable bonds is 7. The van der Waals surface area contributed by atoms with Crippen molar-refractivity contribution in [3.63, 3.8) is 0 Å². The van der Waals surface area contributed by atoms with Crippen molar-refractivity contribution in [2.75, 3.05) is 13.7 Å². The normalized spacial score (nSPS) is 11.0. The Hall–Kier alpha value is -2.33. The molecule has 0 amide bonds. The summed E-state index contributed by atoms with van der Waals surface area (Å²) in [5, 5.41) is 11.1. The third-order valence-corrected chi connectivity index (χ3v) is 4.39. The second-order valence-electron chi connectivity index (χ2n) is 6.35. The number of nitrogens with zero attached hydrogens (tertiary/aromatic N) is 3. The van der Waals surface area contributed by atoms with E-state index in [0.717, 1.165) is 22.4 Å². The summed E-state index contributed by atoms with van der Waals surface area (Å²) in [6.45, 7) is 5.56. The van der Waals surface area contributed by atoms with E-state index in [2.05, 4.69) is 37.9 Å². The molecule has 0 spiro atoms. The molecular weight excluding hydrogens is 517 g/mol. The maximum absolute atomic E-state index is 6.02. The van der Waals surface area contributed by atoms with Crippen molar-refractivity contribution in [3.8, 4) is 17.1 Å². The van der Waals surface area contributed by atoms with E-state index in [-0.39, 0.29) is 24.0 Å². The van der Waals surface area contributed by atoms with Gasteiger partial charge in [-0.15, -0.1) is 24.0 Å². The summed E-state index contributed by atoms with van der Waals surface area (Å²) in [6, 6.07) is 13.5. The first-order valence-electron chi connectivity index (χ1n) is 9.34. The highest BCUT2D eigenvalue weighted by atomic mass is 127. The first-order valence-corrected chi connectivity index (χ1v) is 9.72. The van der Waals surface area contributed by atoms with Crippen LogP contribution in [0.3, 0.4) is 0 Å². The minimum atomic E-state index is 0. The third-order valence-electron chi connectivity index (χ3n) is 4.15. The van der Waals surface area contributed by atoms with E-state index < -0.39 is 0 Å². The predicted molar refractivity (Wildman–Crippen MR) is 130 cm³/mol. The molecular formula is C21H25ClIN5O2. The largest absolute Gasteiger partial charge is 0.494 e. The first kappa shape index (κ1) is 23.9. The number of benzene rings is 2. The van der Waals surface area contributed by atoms with Gasteiger partial charge in [-0.25, -0.2) is 0 Å². The number of ether oxygens (including phenoxy) is 1. The van der Waals surface area contributed by atoms with E-state index in [4.69, 9.17) is 20.9 Å². The van der Waals surface area contributed by atoms with E-state index in [9.17, 15) is 0 Å². The van der Waals surface area contributed by atoms with Crippen LogP contribution in [-0.2, 0) is 13.1 Å². The van der Waals surface area contributed by atoms with E-state index in [1.54, 1.807) is 19.2 Å². The van der Waals surface area contributed by atoms with Gasteiger partial charge < -0.3 is 19.9 Å². The summed E-state index contributed by atoms with van der Waals surface area (Å²) < 4.78 is 11.0. The molecule has 0 unspecified atom stereocenters. The molecule has 0 saturated carbocycles. The second kappa shape index (κ2) is 11.8. The van der Waals surface area contributed by atoms with Crippen LogP contribution in [0.5, 0.6) is 5.75 Å². The number of aliphatic imine (C=N–C) groups is 1. The van der Waals surface area contributed by atoms with Crippen molar-refractivity contribution in [2.24, 2.45) is 4.99 Å². The molecule has 0 saturated heterocycles. The number of hydrogen-bond acceptors (Lipinski definition) is 5. The van der Waals surface area contributed by atoms with E-state index >= 15 is 0 Å². The molecule has 160 valence electrons. The Labute approximate surface area is 198 Å². The lowest BCUT2D eigenvalue weighted by molar-refractivity contribution is 0.336. The van der Waals surface area contributed by atoms with Crippen molar-refractivity contribution in [2.45, 2.75) is 26.9 Å². The van der Waals surface area contributed by atoms with Crippen LogP contribution in [0.2, 0.25) is 5.02 Å². The number of aromatic nitrogens is 2. The topological polar surface area (TPSA) is 84.6 Å². The molecule has 0 aliphatic heterocycles. The molecule has 3 rings (SSSR count). The molecule has 2 aromatic carbocycles. The third kappa shape index (κ3) is 6.60. The molecule has 0 fully saturated rings. The average molecular weight is 542 g/mol. The minimum absolute atomic E-state index is 0. The summed E-state index contributed by atoms with van der Waals surface area (Å²) in [5.41, 5.74) is 3.02. The second-order valence-corrected chi connectivity index (χ2v) is 6.78. The van der Waals surface area contributed by atoms with Crippen LogP contribution in [0.4, 0.5) is 0 Å². The van der Waals surface area contributed by atoms with Gasteiger partial charge in [0.05, 0.1) is 13.2 Å². The van der Waals surface area contributed by atoms with Gasteiger partial charge in [0.2, 0.25) is 11.7 Å². The zero-order chi connectivity index (χ0) is 20.6. The number of hydrogen-bond donors (Lipinski definition) is 2. The van der Waals surface area contributed by atoms with Crippen LogP contribution in [0, 0.1) is 6.92 Å². The lowest BCUT2D eigenvalue weighted by Gasteiger charge is -2.14. The SMILES string of the molecule is CCOc1cc(C)ccc1CNC(=NC)NCc1nc(-c2cccc(Cl)c2)no1.I. The molecule has 0 radical (unpaired) electrons. The smallest absolute Gasteiger partial charge is 0.246 e. The monoisotopic (exact) mass is 541 g/mol. The average Bonchev–Trinajstić information content (AvgIpc) is 3.19. The van der Waals surface area contributed by atoms with Crippen molar-refractivity contribution < 1.29 is 9.26 Å². The lowest BCUT2D eigenvalue weighted by Crippen LogP contribution is -2.36. The highest BCUT2D eigenvalue weighted by Gasteiger charge is 2.10.